The summed E-state index contributed by atoms with van der Waals surface area (Å²) in [7, 11) is 0. The minimum Gasteiger partial charge on any atom is -0.477 e. The third-order valence-corrected chi connectivity index (χ3v) is 2.68. The Morgan fingerprint density at radius 1 is 1.24 bits per heavy atom. The predicted molar refractivity (Wildman–Crippen MR) is 98.5 cm³/mol. The van der Waals surface area contributed by atoms with E-state index in [4.69, 9.17) is 4.74 Å². The molecule has 0 fully saturated rings. The van der Waals surface area contributed by atoms with Crippen LogP contribution < -0.4 is 15.4 Å². The van der Waals surface area contributed by atoms with E-state index in [-0.39, 0.29) is 24.0 Å². The Morgan fingerprint density at radius 2 is 1.95 bits per heavy atom. The Hall–Kier alpha value is -1.05. The number of pyridine rings is 1. The average molecular weight is 406 g/mol. The molecule has 5 nitrogen and oxygen atoms in total. The highest BCUT2D eigenvalue weighted by Crippen LogP contribution is 2.15. The number of ether oxygens (including phenoxy) is 1. The van der Waals surface area contributed by atoms with Gasteiger partial charge in [-0.2, -0.15) is 0 Å². The second-order valence-corrected chi connectivity index (χ2v) is 4.40. The molecule has 0 unspecified atom stereocenters. The van der Waals surface area contributed by atoms with Crippen molar-refractivity contribution in [3.8, 4) is 5.88 Å². The number of aliphatic imine (C=N–C) groups is 1. The summed E-state index contributed by atoms with van der Waals surface area (Å²) in [6.07, 6.45) is 3.91. The van der Waals surface area contributed by atoms with E-state index in [1.807, 2.05) is 12.1 Å². The summed E-state index contributed by atoms with van der Waals surface area (Å²) in [5.41, 5.74) is 1.01. The zero-order valence-electron chi connectivity index (χ0n) is 13.2. The van der Waals surface area contributed by atoms with Gasteiger partial charge >= 0.3 is 0 Å². The zero-order valence-corrected chi connectivity index (χ0v) is 15.5. The van der Waals surface area contributed by atoms with E-state index < -0.39 is 0 Å². The Bertz CT molecular complexity index is 404. The van der Waals surface area contributed by atoms with Gasteiger partial charge in [0, 0.05) is 24.8 Å². The first-order valence-corrected chi connectivity index (χ1v) is 7.40. The summed E-state index contributed by atoms with van der Waals surface area (Å²) in [6.45, 7) is 9.21. The van der Waals surface area contributed by atoms with Crippen molar-refractivity contribution in [3.63, 3.8) is 0 Å². The molecule has 0 atom stereocenters. The zero-order chi connectivity index (χ0) is 14.6. The fourth-order valence-electron chi connectivity index (χ4n) is 1.66. The van der Waals surface area contributed by atoms with Crippen LogP contribution in [0.2, 0.25) is 0 Å². The van der Waals surface area contributed by atoms with Crippen LogP contribution in [0.15, 0.2) is 23.3 Å². The maximum atomic E-state index is 5.71. The molecule has 0 aliphatic heterocycles. The molecule has 0 aliphatic rings. The van der Waals surface area contributed by atoms with Crippen molar-refractivity contribution in [2.75, 3.05) is 19.7 Å². The molecule has 2 N–H and O–H groups in total. The van der Waals surface area contributed by atoms with Gasteiger partial charge in [0.2, 0.25) is 5.88 Å². The lowest BCUT2D eigenvalue weighted by Crippen LogP contribution is -2.37. The predicted octanol–water partition coefficient (Wildman–Crippen LogP) is 2.95. The van der Waals surface area contributed by atoms with Crippen LogP contribution >= 0.6 is 24.0 Å². The largest absolute Gasteiger partial charge is 0.477 e. The van der Waals surface area contributed by atoms with Crippen molar-refractivity contribution in [1.29, 1.82) is 0 Å². The SMILES string of the molecule is CCCCOc1ncccc1CN=C(NCC)NCC.I. The quantitative estimate of drug-likeness (QED) is 0.302. The molecule has 0 aromatic carbocycles. The van der Waals surface area contributed by atoms with Gasteiger partial charge in [-0.15, -0.1) is 24.0 Å². The third kappa shape index (κ3) is 8.08. The van der Waals surface area contributed by atoms with Crippen LogP contribution in [0.3, 0.4) is 0 Å². The number of nitrogens with one attached hydrogen (secondary N) is 2. The molecule has 0 amide bonds. The molecule has 120 valence electrons. The van der Waals surface area contributed by atoms with Crippen LogP contribution in [0.25, 0.3) is 0 Å². The summed E-state index contributed by atoms with van der Waals surface area (Å²) in [5.74, 6) is 1.51. The highest BCUT2D eigenvalue weighted by atomic mass is 127. The Morgan fingerprint density at radius 3 is 2.57 bits per heavy atom. The van der Waals surface area contributed by atoms with Gasteiger partial charge in [-0.1, -0.05) is 19.4 Å². The summed E-state index contributed by atoms with van der Waals surface area (Å²) >= 11 is 0. The second-order valence-electron chi connectivity index (χ2n) is 4.40. The number of guanidine groups is 1. The van der Waals surface area contributed by atoms with Crippen LogP contribution in [0, 0.1) is 0 Å². The van der Waals surface area contributed by atoms with Gasteiger partial charge < -0.3 is 15.4 Å². The molecular formula is C15H27IN4O. The van der Waals surface area contributed by atoms with E-state index in [0.717, 1.165) is 37.5 Å². The lowest BCUT2D eigenvalue weighted by atomic mass is 10.3. The molecule has 0 aliphatic carbocycles. The van der Waals surface area contributed by atoms with Gasteiger partial charge in [0.25, 0.3) is 0 Å². The minimum absolute atomic E-state index is 0. The first-order valence-electron chi connectivity index (χ1n) is 7.40. The lowest BCUT2D eigenvalue weighted by molar-refractivity contribution is 0.294. The Kier molecular flexibility index (Phi) is 12.0. The molecule has 0 spiro atoms. The normalized spacial score (nSPS) is 9.48. The monoisotopic (exact) mass is 406 g/mol. The number of nitrogens with zero attached hydrogens (tertiary/aromatic N) is 2. The van der Waals surface area contributed by atoms with E-state index in [1.54, 1.807) is 6.20 Å². The number of aromatic nitrogens is 1. The molecule has 1 aromatic heterocycles. The molecule has 1 aromatic rings. The number of hydrogen-bond acceptors (Lipinski definition) is 3. The summed E-state index contributed by atoms with van der Waals surface area (Å²) in [5, 5.41) is 6.41. The average Bonchev–Trinajstić information content (AvgIpc) is 2.47. The number of unbranched alkanes of at least 4 members (excludes halogenated alkanes) is 1. The molecular weight excluding hydrogens is 379 g/mol. The molecule has 6 heteroatoms. The topological polar surface area (TPSA) is 58.5 Å². The van der Waals surface area contributed by atoms with Crippen molar-refractivity contribution in [2.24, 2.45) is 4.99 Å². The first-order chi connectivity index (χ1) is 9.81. The number of halogens is 1. The molecule has 0 bridgehead atoms. The van der Waals surface area contributed by atoms with Crippen molar-refractivity contribution in [1.82, 2.24) is 15.6 Å². The van der Waals surface area contributed by atoms with Crippen molar-refractivity contribution in [2.45, 2.75) is 40.2 Å². The molecule has 1 heterocycles. The van der Waals surface area contributed by atoms with Crippen LogP contribution in [-0.4, -0.2) is 30.6 Å². The van der Waals surface area contributed by atoms with E-state index in [9.17, 15) is 0 Å². The standard InChI is InChI=1S/C15H26N4O.HI/c1-4-7-11-20-14-13(9-8-10-18-14)12-19-15(16-5-2)17-6-3;/h8-10H,4-7,11-12H2,1-3H3,(H2,16,17,19);1H. The van der Waals surface area contributed by atoms with Crippen LogP contribution in [-0.2, 0) is 6.54 Å². The molecule has 21 heavy (non-hydrogen) atoms. The summed E-state index contributed by atoms with van der Waals surface area (Å²) in [6, 6.07) is 3.92. The van der Waals surface area contributed by atoms with E-state index in [0.29, 0.717) is 19.0 Å². The molecule has 1 rings (SSSR count). The molecule has 0 saturated carbocycles. The summed E-state index contributed by atoms with van der Waals surface area (Å²) < 4.78 is 5.71. The second kappa shape index (κ2) is 12.7. The number of hydrogen-bond donors (Lipinski definition) is 2. The maximum Gasteiger partial charge on any atom is 0.218 e. The van der Waals surface area contributed by atoms with Gasteiger partial charge in [-0.05, 0) is 26.3 Å². The van der Waals surface area contributed by atoms with E-state index in [1.165, 1.54) is 0 Å². The van der Waals surface area contributed by atoms with Crippen molar-refractivity contribution >= 4 is 29.9 Å². The molecule has 0 radical (unpaired) electrons. The highest BCUT2D eigenvalue weighted by molar-refractivity contribution is 14.0. The van der Waals surface area contributed by atoms with Gasteiger partial charge in [-0.3, -0.25) is 0 Å². The van der Waals surface area contributed by atoms with E-state index >= 15 is 0 Å². The van der Waals surface area contributed by atoms with Crippen LogP contribution in [0.1, 0.15) is 39.2 Å². The Labute approximate surface area is 145 Å². The van der Waals surface area contributed by atoms with Crippen molar-refractivity contribution in [3.05, 3.63) is 23.9 Å². The third-order valence-electron chi connectivity index (χ3n) is 2.68. The highest BCUT2D eigenvalue weighted by Gasteiger charge is 2.04. The molecule has 0 saturated heterocycles. The first kappa shape index (κ1) is 19.9. The lowest BCUT2D eigenvalue weighted by Gasteiger charge is -2.11. The van der Waals surface area contributed by atoms with Gasteiger partial charge in [0.15, 0.2) is 5.96 Å². The fraction of sp³-hybridized carbons (Fsp3) is 0.600. The van der Waals surface area contributed by atoms with Gasteiger partial charge in [-0.25, -0.2) is 9.98 Å². The van der Waals surface area contributed by atoms with Gasteiger partial charge in [0.1, 0.15) is 0 Å². The Balaban J connectivity index is 0.00000400. The van der Waals surface area contributed by atoms with Gasteiger partial charge in [0.05, 0.1) is 13.2 Å². The minimum atomic E-state index is 0. The fourth-order valence-corrected chi connectivity index (χ4v) is 1.66. The van der Waals surface area contributed by atoms with Crippen molar-refractivity contribution < 1.29 is 4.74 Å². The maximum absolute atomic E-state index is 5.71. The smallest absolute Gasteiger partial charge is 0.218 e. The van der Waals surface area contributed by atoms with Crippen LogP contribution in [0.4, 0.5) is 0 Å². The van der Waals surface area contributed by atoms with Crippen LogP contribution in [0.5, 0.6) is 5.88 Å². The number of rotatable bonds is 8. The van der Waals surface area contributed by atoms with E-state index in [2.05, 4.69) is 41.4 Å². The summed E-state index contributed by atoms with van der Waals surface area (Å²) in [4.78, 5) is 8.82.